The van der Waals surface area contributed by atoms with Gasteiger partial charge in [-0.05, 0) is 49.2 Å². The highest BCUT2D eigenvalue weighted by molar-refractivity contribution is 5.91. The molecular weight excluding hydrogens is 442 g/mol. The van der Waals surface area contributed by atoms with Crippen molar-refractivity contribution in [3.63, 3.8) is 0 Å². The molecule has 1 unspecified atom stereocenters. The Morgan fingerprint density at radius 3 is 2.77 bits per heavy atom. The number of hydrogen-bond acceptors (Lipinski definition) is 7. The maximum absolute atomic E-state index is 13.0. The lowest BCUT2D eigenvalue weighted by Crippen LogP contribution is -2.38. The average Bonchev–Trinajstić information content (AvgIpc) is 3.53. The summed E-state index contributed by atoms with van der Waals surface area (Å²) in [6.45, 7) is 7.53. The van der Waals surface area contributed by atoms with Crippen LogP contribution in [0.25, 0.3) is 12.3 Å². The van der Waals surface area contributed by atoms with Crippen molar-refractivity contribution in [1.29, 1.82) is 0 Å². The number of anilines is 1. The molecule has 0 radical (unpaired) electrons. The first-order chi connectivity index (χ1) is 17.0. The molecular formula is C26H35N7O2. The van der Waals surface area contributed by atoms with Gasteiger partial charge in [0, 0.05) is 49.2 Å². The number of piperidine rings is 1. The Morgan fingerprint density at radius 1 is 1.26 bits per heavy atom. The van der Waals surface area contributed by atoms with Crippen LogP contribution in [0.15, 0.2) is 41.5 Å². The number of hydrogen-bond donors (Lipinski definition) is 2. The van der Waals surface area contributed by atoms with Crippen LogP contribution >= 0.6 is 0 Å². The van der Waals surface area contributed by atoms with Crippen LogP contribution < -0.4 is 21.1 Å². The van der Waals surface area contributed by atoms with Crippen LogP contribution in [0.4, 0.5) is 5.82 Å². The fourth-order valence-electron chi connectivity index (χ4n) is 4.29. The Bertz CT molecular complexity index is 1210. The lowest BCUT2D eigenvalue weighted by Gasteiger charge is -2.30. The van der Waals surface area contributed by atoms with E-state index in [-0.39, 0.29) is 17.7 Å². The zero-order valence-electron chi connectivity index (χ0n) is 20.8. The molecule has 1 aliphatic rings. The van der Waals surface area contributed by atoms with Crippen LogP contribution in [-0.2, 0) is 18.4 Å². The van der Waals surface area contributed by atoms with Crippen molar-refractivity contribution in [1.82, 2.24) is 30.0 Å². The summed E-state index contributed by atoms with van der Waals surface area (Å²) in [7, 11) is 1.92. The summed E-state index contributed by atoms with van der Waals surface area (Å²) in [6, 6.07) is 1.96. The van der Waals surface area contributed by atoms with Crippen molar-refractivity contribution < 1.29 is 9.21 Å². The minimum Gasteiger partial charge on any atom is -0.448 e. The number of likely N-dealkylation sites (tertiary alicyclic amines) is 1. The molecule has 0 spiro atoms. The van der Waals surface area contributed by atoms with Crippen LogP contribution in [0, 0.1) is 5.92 Å². The van der Waals surface area contributed by atoms with Crippen LogP contribution in [-0.4, -0.2) is 50.2 Å². The zero-order valence-corrected chi connectivity index (χ0v) is 20.8. The third-order valence-electron chi connectivity index (χ3n) is 6.35. The molecule has 4 heterocycles. The maximum Gasteiger partial charge on any atom is 0.228 e. The number of carbonyl (C=O) groups excluding carboxylic acids is 1. The van der Waals surface area contributed by atoms with Gasteiger partial charge < -0.3 is 15.1 Å². The largest absolute Gasteiger partial charge is 0.448 e. The van der Waals surface area contributed by atoms with Gasteiger partial charge >= 0.3 is 0 Å². The van der Waals surface area contributed by atoms with E-state index in [0.717, 1.165) is 54.9 Å². The van der Waals surface area contributed by atoms with E-state index in [1.54, 1.807) is 12.5 Å². The molecule has 35 heavy (non-hydrogen) atoms. The Morgan fingerprint density at radius 2 is 2.09 bits per heavy atom. The van der Waals surface area contributed by atoms with Crippen molar-refractivity contribution in [3.8, 4) is 0 Å². The predicted octanol–water partition coefficient (Wildman–Crippen LogP) is 1.98. The maximum atomic E-state index is 13.0. The molecule has 0 aliphatic carbocycles. The molecule has 9 heteroatoms. The van der Waals surface area contributed by atoms with Crippen molar-refractivity contribution >= 4 is 24.0 Å². The Labute approximate surface area is 205 Å². The molecule has 1 aliphatic heterocycles. The second kappa shape index (κ2) is 11.8. The van der Waals surface area contributed by atoms with Gasteiger partial charge in [-0.2, -0.15) is 5.10 Å². The summed E-state index contributed by atoms with van der Waals surface area (Å²) in [5, 5.41) is 12.7. The lowest BCUT2D eigenvalue weighted by atomic mass is 9.96. The van der Waals surface area contributed by atoms with E-state index < -0.39 is 0 Å². The van der Waals surface area contributed by atoms with Crippen LogP contribution in [0.1, 0.15) is 50.5 Å². The van der Waals surface area contributed by atoms with E-state index >= 15 is 0 Å². The van der Waals surface area contributed by atoms with Crippen molar-refractivity contribution in [2.24, 2.45) is 13.0 Å². The van der Waals surface area contributed by atoms with Crippen LogP contribution in [0.2, 0.25) is 0 Å². The number of amides is 1. The summed E-state index contributed by atoms with van der Waals surface area (Å²) in [5.41, 5.74) is 1.14. The molecule has 1 fully saturated rings. The molecule has 9 nitrogen and oxygen atoms in total. The highest BCUT2D eigenvalue weighted by Gasteiger charge is 2.26. The monoisotopic (exact) mass is 477 g/mol. The number of aryl methyl sites for hydroxylation is 1. The minimum absolute atomic E-state index is 0.0281. The highest BCUT2D eigenvalue weighted by atomic mass is 16.3. The van der Waals surface area contributed by atoms with Crippen molar-refractivity contribution in [2.75, 3.05) is 25.0 Å². The SMILES string of the molecule is CCCN/C=c1/cnc(NC(=O)C2CCN(Cc3ncco3)CC2)c/c1=C/C(C)c1cnn(C)c1. The molecule has 0 bridgehead atoms. The first kappa shape index (κ1) is 24.7. The molecule has 1 amide bonds. The van der Waals surface area contributed by atoms with E-state index in [1.165, 1.54) is 0 Å². The van der Waals surface area contributed by atoms with Gasteiger partial charge in [0.2, 0.25) is 11.8 Å². The molecule has 2 N–H and O–H groups in total. The topological polar surface area (TPSA) is 101 Å². The highest BCUT2D eigenvalue weighted by Crippen LogP contribution is 2.20. The van der Waals surface area contributed by atoms with Crippen LogP contribution in [0.5, 0.6) is 0 Å². The van der Waals surface area contributed by atoms with Gasteiger partial charge in [-0.15, -0.1) is 0 Å². The molecule has 4 rings (SSSR count). The molecule has 1 atom stereocenters. The number of nitrogens with one attached hydrogen (secondary N) is 2. The molecule has 3 aromatic heterocycles. The fraction of sp³-hybridized carbons (Fsp3) is 0.462. The zero-order chi connectivity index (χ0) is 24.6. The van der Waals surface area contributed by atoms with Gasteiger partial charge in [-0.3, -0.25) is 14.4 Å². The normalized spacial score (nSPS) is 17.0. The van der Waals surface area contributed by atoms with E-state index in [1.807, 2.05) is 42.6 Å². The average molecular weight is 478 g/mol. The van der Waals surface area contributed by atoms with Gasteiger partial charge in [0.25, 0.3) is 0 Å². The summed E-state index contributed by atoms with van der Waals surface area (Å²) in [4.78, 5) is 24.0. The lowest BCUT2D eigenvalue weighted by molar-refractivity contribution is -0.121. The van der Waals surface area contributed by atoms with Gasteiger partial charge in [-0.25, -0.2) is 9.97 Å². The third-order valence-corrected chi connectivity index (χ3v) is 6.35. The minimum atomic E-state index is -0.0307. The van der Waals surface area contributed by atoms with Crippen molar-refractivity contribution in [3.05, 3.63) is 59.0 Å². The van der Waals surface area contributed by atoms with Crippen LogP contribution in [0.3, 0.4) is 0 Å². The number of pyridine rings is 1. The van der Waals surface area contributed by atoms with E-state index in [0.29, 0.717) is 18.3 Å². The molecule has 1 saturated heterocycles. The first-order valence-corrected chi connectivity index (χ1v) is 12.3. The third kappa shape index (κ3) is 6.79. The van der Waals surface area contributed by atoms with E-state index in [4.69, 9.17) is 4.42 Å². The summed E-state index contributed by atoms with van der Waals surface area (Å²) >= 11 is 0. The van der Waals surface area contributed by atoms with Gasteiger partial charge in [0.05, 0.1) is 18.9 Å². The summed E-state index contributed by atoms with van der Waals surface area (Å²) in [6.07, 6.45) is 15.8. The first-order valence-electron chi connectivity index (χ1n) is 12.3. The van der Waals surface area contributed by atoms with Gasteiger partial charge in [0.1, 0.15) is 12.1 Å². The summed E-state index contributed by atoms with van der Waals surface area (Å²) in [5.74, 6) is 1.46. The molecule has 3 aromatic rings. The number of carbonyl (C=O) groups is 1. The van der Waals surface area contributed by atoms with Gasteiger partial charge in [0.15, 0.2) is 0 Å². The second-order valence-electron chi connectivity index (χ2n) is 9.17. The van der Waals surface area contributed by atoms with Crippen molar-refractivity contribution in [2.45, 2.75) is 45.6 Å². The van der Waals surface area contributed by atoms with Gasteiger partial charge in [-0.1, -0.05) is 19.9 Å². The Balaban J connectivity index is 1.45. The Kier molecular flexibility index (Phi) is 8.31. The molecule has 186 valence electrons. The molecule has 0 aromatic carbocycles. The fourth-order valence-corrected chi connectivity index (χ4v) is 4.29. The number of oxazole rings is 1. The standard InChI is InChI=1S/C26H35N7O2/c1-4-7-27-14-22-15-29-24(13-21(22)12-19(2)23-16-30-32(3)17-23)31-26(34)20-5-9-33(10-6-20)18-25-28-8-11-35-25/h8,11-17,19-20,27H,4-7,9-10,18H2,1-3H3,(H,31,34)/b21-12-,22-14-. The number of aromatic nitrogens is 4. The van der Waals surface area contributed by atoms with E-state index in [2.05, 4.69) is 50.5 Å². The quantitative estimate of drug-likeness (QED) is 0.455. The number of rotatable bonds is 9. The Hall–Kier alpha value is -3.46. The second-order valence-corrected chi connectivity index (χ2v) is 9.17. The summed E-state index contributed by atoms with van der Waals surface area (Å²) < 4.78 is 7.15. The predicted molar refractivity (Wildman–Crippen MR) is 135 cm³/mol. The van der Waals surface area contributed by atoms with E-state index in [9.17, 15) is 4.79 Å². The number of nitrogens with zero attached hydrogens (tertiary/aromatic N) is 5. The smallest absolute Gasteiger partial charge is 0.228 e. The molecule has 0 saturated carbocycles.